The molecular weight excluding hydrogens is 432 g/mol. The summed E-state index contributed by atoms with van der Waals surface area (Å²) in [4.78, 5) is 19.4. The Morgan fingerprint density at radius 3 is 2.66 bits per heavy atom. The fourth-order valence-corrected chi connectivity index (χ4v) is 5.38. The summed E-state index contributed by atoms with van der Waals surface area (Å²) in [6, 6.07) is 3.50. The highest BCUT2D eigenvalue weighted by molar-refractivity contribution is 7.99. The lowest BCUT2D eigenvalue weighted by Gasteiger charge is -2.54. The monoisotopic (exact) mass is 468 g/mol. The molecule has 3 rings (SSSR count). The van der Waals surface area contributed by atoms with E-state index < -0.39 is 11.0 Å². The predicted octanol–water partition coefficient (Wildman–Crippen LogP) is 2.97. The van der Waals surface area contributed by atoms with Gasteiger partial charge in [0.1, 0.15) is 19.3 Å². The average Bonchev–Trinajstić information content (AvgIpc) is 3.05. The van der Waals surface area contributed by atoms with Crippen molar-refractivity contribution in [3.63, 3.8) is 0 Å². The molecule has 0 spiro atoms. The van der Waals surface area contributed by atoms with Gasteiger partial charge in [0.15, 0.2) is 5.60 Å². The van der Waals surface area contributed by atoms with Gasteiger partial charge in [-0.1, -0.05) is 12.8 Å². The van der Waals surface area contributed by atoms with Crippen molar-refractivity contribution in [3.05, 3.63) is 24.0 Å². The Labute approximate surface area is 195 Å². The van der Waals surface area contributed by atoms with Crippen LogP contribution in [0, 0.1) is 0 Å². The van der Waals surface area contributed by atoms with Crippen molar-refractivity contribution in [2.24, 2.45) is 0 Å². The van der Waals surface area contributed by atoms with E-state index in [1.54, 1.807) is 25.1 Å². The topological polar surface area (TPSA) is 90.4 Å². The number of aromatic nitrogens is 1. The number of ether oxygens (including phenoxy) is 4. The van der Waals surface area contributed by atoms with E-state index in [9.17, 15) is 9.90 Å². The molecule has 2 aliphatic rings. The average molecular weight is 469 g/mol. The first-order chi connectivity index (χ1) is 15.5. The molecule has 1 aliphatic carbocycles. The van der Waals surface area contributed by atoms with Gasteiger partial charge in [-0.15, -0.1) is 11.8 Å². The lowest BCUT2D eigenvalue weighted by molar-refractivity contribution is -0.229. The molecule has 1 saturated heterocycles. The number of thioether (sulfide) groups is 1. The molecule has 2 fully saturated rings. The Bertz CT molecular complexity index is 728. The molecule has 0 aromatic carbocycles. The first-order valence-corrected chi connectivity index (χ1v) is 12.4. The van der Waals surface area contributed by atoms with Crippen LogP contribution in [-0.2, 0) is 25.4 Å². The van der Waals surface area contributed by atoms with E-state index in [1.807, 2.05) is 12.1 Å². The second kappa shape index (κ2) is 12.2. The van der Waals surface area contributed by atoms with E-state index in [4.69, 9.17) is 18.9 Å². The Morgan fingerprint density at radius 1 is 1.25 bits per heavy atom. The van der Waals surface area contributed by atoms with Crippen LogP contribution in [0.25, 0.3) is 0 Å². The van der Waals surface area contributed by atoms with Gasteiger partial charge in [0.05, 0.1) is 17.6 Å². The van der Waals surface area contributed by atoms with Crippen molar-refractivity contribution in [2.45, 2.75) is 75.1 Å². The smallest absolute Gasteiger partial charge is 0.259 e. The van der Waals surface area contributed by atoms with Gasteiger partial charge < -0.3 is 29.0 Å². The summed E-state index contributed by atoms with van der Waals surface area (Å²) in [5, 5.41) is 9.78. The number of carbonyl (C=O) groups is 1. The molecule has 1 aromatic rings. The normalized spacial score (nSPS) is 25.3. The minimum absolute atomic E-state index is 0.0132. The number of β-lactam (4-membered cyclic amide) rings is 1. The molecule has 180 valence electrons. The number of hydrogen-bond donors (Lipinski definition) is 1. The minimum atomic E-state index is -1.12. The van der Waals surface area contributed by atoms with Gasteiger partial charge >= 0.3 is 0 Å². The minimum Gasteiger partial charge on any atom is -0.490 e. The molecule has 1 N–H and O–H groups in total. The lowest BCUT2D eigenvalue weighted by Crippen LogP contribution is -2.77. The summed E-state index contributed by atoms with van der Waals surface area (Å²) < 4.78 is 22.6. The van der Waals surface area contributed by atoms with Crippen LogP contribution in [0.4, 0.5) is 0 Å². The molecule has 1 aliphatic heterocycles. The van der Waals surface area contributed by atoms with Gasteiger partial charge in [0, 0.05) is 44.4 Å². The first kappa shape index (κ1) is 25.2. The Hall–Kier alpha value is -1.39. The van der Waals surface area contributed by atoms with Gasteiger partial charge in [-0.3, -0.25) is 9.78 Å². The number of methoxy groups -OCH3 is 2. The van der Waals surface area contributed by atoms with Crippen LogP contribution in [0.3, 0.4) is 0 Å². The SMILES string of the molecule is COCO[C@@]1(Cc2cc(OC3CCCCCC3)ccn2)C(=O)N(COC)[C@H]1CSC(C)O. The lowest BCUT2D eigenvalue weighted by atomic mass is 9.79. The van der Waals surface area contributed by atoms with Crippen LogP contribution in [0.1, 0.15) is 51.1 Å². The molecule has 9 heteroatoms. The van der Waals surface area contributed by atoms with Crippen molar-refractivity contribution in [3.8, 4) is 5.75 Å². The summed E-state index contributed by atoms with van der Waals surface area (Å²) >= 11 is 1.36. The van der Waals surface area contributed by atoms with Gasteiger partial charge in [0.25, 0.3) is 5.91 Å². The number of aliphatic hydroxyl groups excluding tert-OH is 1. The van der Waals surface area contributed by atoms with Crippen molar-refractivity contribution in [1.29, 1.82) is 0 Å². The maximum atomic E-state index is 13.2. The third-order valence-electron chi connectivity index (χ3n) is 6.07. The molecule has 8 nitrogen and oxygen atoms in total. The fourth-order valence-electron chi connectivity index (χ4n) is 4.47. The van der Waals surface area contributed by atoms with E-state index in [2.05, 4.69) is 4.98 Å². The zero-order valence-electron chi connectivity index (χ0n) is 19.3. The Kier molecular flexibility index (Phi) is 9.61. The number of likely N-dealkylation sites (tertiary alicyclic amines) is 1. The zero-order valence-corrected chi connectivity index (χ0v) is 20.1. The number of carbonyl (C=O) groups excluding carboxylic acids is 1. The number of aliphatic hydroxyl groups is 1. The molecule has 0 bridgehead atoms. The van der Waals surface area contributed by atoms with Crippen LogP contribution in [0.2, 0.25) is 0 Å². The van der Waals surface area contributed by atoms with Gasteiger partial charge in [-0.25, -0.2) is 0 Å². The van der Waals surface area contributed by atoms with Crippen molar-refractivity contribution in [2.75, 3.05) is 33.5 Å². The van der Waals surface area contributed by atoms with E-state index in [0.29, 0.717) is 12.2 Å². The molecule has 3 atom stereocenters. The second-order valence-electron chi connectivity index (χ2n) is 8.47. The maximum Gasteiger partial charge on any atom is 0.259 e. The number of hydrogen-bond acceptors (Lipinski definition) is 8. The van der Waals surface area contributed by atoms with Gasteiger partial charge in [-0.2, -0.15) is 0 Å². The molecule has 1 saturated carbocycles. The predicted molar refractivity (Wildman–Crippen MR) is 122 cm³/mol. The van der Waals surface area contributed by atoms with Gasteiger partial charge in [-0.05, 0) is 38.7 Å². The summed E-state index contributed by atoms with van der Waals surface area (Å²) in [6.45, 7) is 1.86. The van der Waals surface area contributed by atoms with Crippen LogP contribution < -0.4 is 4.74 Å². The number of pyridine rings is 1. The number of rotatable bonds is 12. The second-order valence-corrected chi connectivity index (χ2v) is 9.82. The highest BCUT2D eigenvalue weighted by atomic mass is 32.2. The third kappa shape index (κ3) is 6.14. The molecule has 1 aromatic heterocycles. The molecule has 1 unspecified atom stereocenters. The highest BCUT2D eigenvalue weighted by Gasteiger charge is 2.62. The number of nitrogens with zero attached hydrogens (tertiary/aromatic N) is 2. The quantitative estimate of drug-likeness (QED) is 0.284. The van der Waals surface area contributed by atoms with E-state index in [-0.39, 0.29) is 31.6 Å². The van der Waals surface area contributed by atoms with E-state index in [1.165, 1.54) is 44.6 Å². The summed E-state index contributed by atoms with van der Waals surface area (Å²) in [5.41, 5.74) is -0.945. The molecule has 2 heterocycles. The van der Waals surface area contributed by atoms with Crippen molar-refractivity contribution < 1.29 is 28.8 Å². The van der Waals surface area contributed by atoms with E-state index in [0.717, 1.165) is 24.3 Å². The zero-order chi connectivity index (χ0) is 23.0. The highest BCUT2D eigenvalue weighted by Crippen LogP contribution is 2.40. The van der Waals surface area contributed by atoms with Gasteiger partial charge in [0.2, 0.25) is 0 Å². The summed E-state index contributed by atoms with van der Waals surface area (Å²) in [7, 11) is 3.08. The van der Waals surface area contributed by atoms with Crippen LogP contribution in [0.15, 0.2) is 18.3 Å². The molecular formula is C23H36N2O6S. The standard InChI is InChI=1S/C23H36N2O6S/c1-17(26)32-14-21-23(30-16-29-3,22(27)25(21)15-28-2)13-18-12-20(10-11-24-18)31-19-8-6-4-5-7-9-19/h10-12,17,19,21,26H,4-9,13-16H2,1-3H3/t17?,21-,23+/m0/s1. The summed E-state index contributed by atoms with van der Waals surface area (Å²) in [5.74, 6) is 1.12. The van der Waals surface area contributed by atoms with Crippen molar-refractivity contribution in [1.82, 2.24) is 9.88 Å². The summed E-state index contributed by atoms with van der Waals surface area (Å²) in [6.07, 6.45) is 9.32. The molecule has 0 radical (unpaired) electrons. The number of amides is 1. The molecule has 1 amide bonds. The third-order valence-corrected chi connectivity index (χ3v) is 7.06. The van der Waals surface area contributed by atoms with Crippen molar-refractivity contribution >= 4 is 17.7 Å². The Balaban J connectivity index is 1.78. The van der Waals surface area contributed by atoms with Crippen LogP contribution in [-0.4, -0.2) is 77.6 Å². The maximum absolute atomic E-state index is 13.2. The van der Waals surface area contributed by atoms with Crippen LogP contribution >= 0.6 is 11.8 Å². The van der Waals surface area contributed by atoms with Crippen LogP contribution in [0.5, 0.6) is 5.75 Å². The molecule has 32 heavy (non-hydrogen) atoms. The Morgan fingerprint density at radius 2 is 2.00 bits per heavy atom. The fraction of sp³-hybridized carbons (Fsp3) is 0.739. The van der Waals surface area contributed by atoms with E-state index >= 15 is 0 Å². The first-order valence-electron chi connectivity index (χ1n) is 11.3. The largest absolute Gasteiger partial charge is 0.490 e.